The van der Waals surface area contributed by atoms with Gasteiger partial charge in [-0.05, 0) is 30.5 Å². The maximum Gasteiger partial charge on any atom is 0.161 e. The van der Waals surface area contributed by atoms with Gasteiger partial charge in [-0.3, -0.25) is 0 Å². The number of hydrogen-bond acceptors (Lipinski definition) is 4. The van der Waals surface area contributed by atoms with Gasteiger partial charge in [0, 0.05) is 6.26 Å². The molecule has 0 radical (unpaired) electrons. The average Bonchev–Trinajstić information content (AvgIpc) is 2.27. The molecule has 1 aromatic carbocycles. The number of hydrogen-bond donors (Lipinski definition) is 0. The molecule has 0 amide bonds. The Hall–Kier alpha value is -1.23. The predicted octanol–water partition coefficient (Wildman–Crippen LogP) is 2.24. The Kier molecular flexibility index (Phi) is 5.02. The first-order valence-electron chi connectivity index (χ1n) is 5.85. The summed E-state index contributed by atoms with van der Waals surface area (Å²) < 4.78 is 33.3. The minimum atomic E-state index is -2.98. The number of sulfone groups is 1. The molecule has 5 heteroatoms. The SMILES string of the molecule is CCOc1cc(C(C)CS(C)(=O)=O)ccc1OC. The fourth-order valence-corrected chi connectivity index (χ4v) is 2.92. The normalized spacial score (nSPS) is 13.1. The van der Waals surface area contributed by atoms with Gasteiger partial charge in [0.15, 0.2) is 11.5 Å². The van der Waals surface area contributed by atoms with Crippen LogP contribution in [0, 0.1) is 0 Å². The standard InChI is InChI=1S/C13H20O4S/c1-5-17-13-8-11(6-7-12(13)16-3)10(2)9-18(4,14)15/h6-8,10H,5,9H2,1-4H3. The zero-order valence-electron chi connectivity index (χ0n) is 11.3. The van der Waals surface area contributed by atoms with E-state index >= 15 is 0 Å². The summed E-state index contributed by atoms with van der Waals surface area (Å²) in [6.07, 6.45) is 1.25. The van der Waals surface area contributed by atoms with Crippen molar-refractivity contribution in [3.05, 3.63) is 23.8 Å². The van der Waals surface area contributed by atoms with Crippen LogP contribution >= 0.6 is 0 Å². The lowest BCUT2D eigenvalue weighted by Crippen LogP contribution is -2.10. The van der Waals surface area contributed by atoms with Crippen LogP contribution in [-0.4, -0.2) is 34.1 Å². The molecule has 0 N–H and O–H groups in total. The minimum absolute atomic E-state index is 0.0647. The van der Waals surface area contributed by atoms with Gasteiger partial charge in [0.2, 0.25) is 0 Å². The molecule has 0 aliphatic heterocycles. The molecule has 1 unspecified atom stereocenters. The molecule has 4 nitrogen and oxygen atoms in total. The molecule has 0 spiro atoms. The molecule has 1 atom stereocenters. The van der Waals surface area contributed by atoms with Gasteiger partial charge in [-0.1, -0.05) is 13.0 Å². The van der Waals surface area contributed by atoms with Gasteiger partial charge < -0.3 is 9.47 Å². The lowest BCUT2D eigenvalue weighted by atomic mass is 10.0. The van der Waals surface area contributed by atoms with E-state index in [1.54, 1.807) is 13.2 Å². The van der Waals surface area contributed by atoms with Gasteiger partial charge in [0.1, 0.15) is 9.84 Å². The van der Waals surface area contributed by atoms with Gasteiger partial charge >= 0.3 is 0 Å². The molecule has 102 valence electrons. The molecule has 0 aliphatic rings. The van der Waals surface area contributed by atoms with Crippen LogP contribution in [-0.2, 0) is 9.84 Å². The van der Waals surface area contributed by atoms with Crippen molar-refractivity contribution in [3.8, 4) is 11.5 Å². The fourth-order valence-electron chi connectivity index (χ4n) is 1.82. The smallest absolute Gasteiger partial charge is 0.161 e. The first-order valence-corrected chi connectivity index (χ1v) is 7.92. The van der Waals surface area contributed by atoms with E-state index < -0.39 is 9.84 Å². The highest BCUT2D eigenvalue weighted by Gasteiger charge is 2.15. The first kappa shape index (κ1) is 14.8. The van der Waals surface area contributed by atoms with Crippen LogP contribution in [0.5, 0.6) is 11.5 Å². The molecule has 0 fully saturated rings. The second kappa shape index (κ2) is 6.09. The highest BCUT2D eigenvalue weighted by atomic mass is 32.2. The predicted molar refractivity (Wildman–Crippen MR) is 72.3 cm³/mol. The van der Waals surface area contributed by atoms with Gasteiger partial charge in [-0.25, -0.2) is 8.42 Å². The third-order valence-electron chi connectivity index (χ3n) is 2.61. The Morgan fingerprint density at radius 2 is 1.94 bits per heavy atom. The molecular weight excluding hydrogens is 252 g/mol. The Labute approximate surface area is 109 Å². The largest absolute Gasteiger partial charge is 0.493 e. The summed E-state index contributed by atoms with van der Waals surface area (Å²) >= 11 is 0. The lowest BCUT2D eigenvalue weighted by molar-refractivity contribution is 0.310. The van der Waals surface area contributed by atoms with Crippen molar-refractivity contribution in [2.24, 2.45) is 0 Å². The van der Waals surface area contributed by atoms with Crippen LogP contribution in [0.1, 0.15) is 25.3 Å². The van der Waals surface area contributed by atoms with E-state index in [0.29, 0.717) is 18.1 Å². The summed E-state index contributed by atoms with van der Waals surface area (Å²) in [5, 5.41) is 0. The van der Waals surface area contributed by atoms with Crippen molar-refractivity contribution in [1.82, 2.24) is 0 Å². The maximum absolute atomic E-state index is 11.3. The lowest BCUT2D eigenvalue weighted by Gasteiger charge is -2.15. The third kappa shape index (κ3) is 4.22. The van der Waals surface area contributed by atoms with Gasteiger partial charge in [0.25, 0.3) is 0 Å². The Bertz CT molecular complexity index is 494. The number of methoxy groups -OCH3 is 1. The van der Waals surface area contributed by atoms with E-state index in [4.69, 9.17) is 9.47 Å². The van der Waals surface area contributed by atoms with E-state index in [-0.39, 0.29) is 11.7 Å². The van der Waals surface area contributed by atoms with Crippen molar-refractivity contribution in [1.29, 1.82) is 0 Å². The summed E-state index contributed by atoms with van der Waals surface area (Å²) in [6, 6.07) is 5.52. The van der Waals surface area contributed by atoms with Gasteiger partial charge in [-0.15, -0.1) is 0 Å². The second-order valence-corrected chi connectivity index (χ2v) is 6.52. The first-order chi connectivity index (χ1) is 8.37. The molecule has 1 aromatic rings. The van der Waals surface area contributed by atoms with Gasteiger partial charge in [0.05, 0.1) is 19.5 Å². The number of ether oxygens (including phenoxy) is 2. The number of rotatable bonds is 6. The molecular formula is C13H20O4S. The maximum atomic E-state index is 11.3. The van der Waals surface area contributed by atoms with E-state index in [1.165, 1.54) is 6.26 Å². The van der Waals surface area contributed by atoms with Crippen molar-refractivity contribution in [3.63, 3.8) is 0 Å². The van der Waals surface area contributed by atoms with Crippen LogP contribution in [0.3, 0.4) is 0 Å². The Morgan fingerprint density at radius 3 is 2.44 bits per heavy atom. The van der Waals surface area contributed by atoms with Crippen LogP contribution in [0.25, 0.3) is 0 Å². The fraction of sp³-hybridized carbons (Fsp3) is 0.538. The molecule has 0 saturated carbocycles. The van der Waals surface area contributed by atoms with Crippen molar-refractivity contribution < 1.29 is 17.9 Å². The summed E-state index contributed by atoms with van der Waals surface area (Å²) in [5.74, 6) is 1.38. The Balaban J connectivity index is 3.00. The van der Waals surface area contributed by atoms with Crippen LogP contribution in [0.15, 0.2) is 18.2 Å². The highest BCUT2D eigenvalue weighted by Crippen LogP contribution is 2.31. The average molecular weight is 272 g/mol. The van der Waals surface area contributed by atoms with Crippen LogP contribution in [0.2, 0.25) is 0 Å². The van der Waals surface area contributed by atoms with E-state index in [9.17, 15) is 8.42 Å². The second-order valence-electron chi connectivity index (χ2n) is 4.34. The zero-order valence-corrected chi connectivity index (χ0v) is 12.1. The van der Waals surface area contributed by atoms with Crippen LogP contribution < -0.4 is 9.47 Å². The van der Waals surface area contributed by atoms with Crippen molar-refractivity contribution in [2.75, 3.05) is 25.7 Å². The topological polar surface area (TPSA) is 52.6 Å². The summed E-state index contributed by atoms with van der Waals surface area (Å²) in [7, 11) is -1.40. The molecule has 18 heavy (non-hydrogen) atoms. The van der Waals surface area contributed by atoms with Crippen molar-refractivity contribution in [2.45, 2.75) is 19.8 Å². The van der Waals surface area contributed by atoms with E-state index in [2.05, 4.69) is 0 Å². The molecule has 0 aliphatic carbocycles. The van der Waals surface area contributed by atoms with E-state index in [0.717, 1.165) is 5.56 Å². The zero-order chi connectivity index (χ0) is 13.8. The highest BCUT2D eigenvalue weighted by molar-refractivity contribution is 7.90. The molecule has 0 bridgehead atoms. The minimum Gasteiger partial charge on any atom is -0.493 e. The molecule has 1 rings (SSSR count). The monoisotopic (exact) mass is 272 g/mol. The molecule has 0 heterocycles. The van der Waals surface area contributed by atoms with Crippen molar-refractivity contribution >= 4 is 9.84 Å². The van der Waals surface area contributed by atoms with Crippen LogP contribution in [0.4, 0.5) is 0 Å². The Morgan fingerprint density at radius 1 is 1.28 bits per heavy atom. The summed E-state index contributed by atoms with van der Waals surface area (Å²) in [5.41, 5.74) is 0.935. The van der Waals surface area contributed by atoms with E-state index in [1.807, 2.05) is 26.0 Å². The summed E-state index contributed by atoms with van der Waals surface area (Å²) in [4.78, 5) is 0. The van der Waals surface area contributed by atoms with Gasteiger partial charge in [-0.2, -0.15) is 0 Å². The number of benzene rings is 1. The summed E-state index contributed by atoms with van der Waals surface area (Å²) in [6.45, 7) is 4.32. The molecule has 0 aromatic heterocycles. The third-order valence-corrected chi connectivity index (χ3v) is 3.71. The quantitative estimate of drug-likeness (QED) is 0.797. The molecule has 0 saturated heterocycles.